The molecule has 0 atom stereocenters. The molecule has 0 bridgehead atoms. The number of furan rings is 1. The monoisotopic (exact) mass is 252 g/mol. The third-order valence-electron chi connectivity index (χ3n) is 1.85. The maximum atomic E-state index is 11.8. The normalized spacial score (nSPS) is 11.6. The van der Waals surface area contributed by atoms with Crippen molar-refractivity contribution < 1.29 is 27.1 Å². The van der Waals surface area contributed by atoms with Crippen LogP contribution in [-0.2, 0) is 11.3 Å². The first-order chi connectivity index (χ1) is 7.83. The Bertz CT molecular complexity index is 401. The van der Waals surface area contributed by atoms with E-state index in [1.54, 1.807) is 0 Å². The Balaban J connectivity index is 2.59. The predicted octanol–water partition coefficient (Wildman–Crippen LogP) is 1.27. The fourth-order valence-electron chi connectivity index (χ4n) is 1.19. The van der Waals surface area contributed by atoms with E-state index in [9.17, 15) is 18.0 Å². The van der Waals surface area contributed by atoms with Crippen molar-refractivity contribution in [2.75, 3.05) is 6.61 Å². The van der Waals surface area contributed by atoms with Crippen molar-refractivity contribution in [3.8, 4) is 0 Å². The average Bonchev–Trinajstić information content (AvgIpc) is 2.57. The summed E-state index contributed by atoms with van der Waals surface area (Å²) in [6.07, 6.45) is -4.39. The second-order valence-corrected chi connectivity index (χ2v) is 3.26. The van der Waals surface area contributed by atoms with Crippen LogP contribution in [0, 0.1) is 6.92 Å². The lowest BCUT2D eigenvalue weighted by molar-refractivity contribution is -0.177. The van der Waals surface area contributed by atoms with Crippen LogP contribution in [0.15, 0.2) is 10.5 Å². The second-order valence-electron chi connectivity index (χ2n) is 3.26. The number of rotatable bonds is 4. The first kappa shape index (κ1) is 13.5. The van der Waals surface area contributed by atoms with E-state index in [0.29, 0.717) is 0 Å². The summed E-state index contributed by atoms with van der Waals surface area (Å²) in [6, 6.07) is 1.29. The molecule has 1 amide bonds. The van der Waals surface area contributed by atoms with Gasteiger partial charge in [0.25, 0.3) is 5.91 Å². The van der Waals surface area contributed by atoms with Crippen LogP contribution in [0.25, 0.3) is 0 Å². The minimum absolute atomic E-state index is 0.130. The van der Waals surface area contributed by atoms with Gasteiger partial charge >= 0.3 is 6.18 Å². The Hall–Kier alpha value is -1.54. The van der Waals surface area contributed by atoms with Gasteiger partial charge < -0.3 is 9.15 Å². The van der Waals surface area contributed by atoms with Crippen LogP contribution in [0.3, 0.4) is 0 Å². The highest BCUT2D eigenvalue weighted by Gasteiger charge is 2.27. The van der Waals surface area contributed by atoms with Crippen molar-refractivity contribution in [1.29, 1.82) is 0 Å². The molecule has 0 fully saturated rings. The van der Waals surface area contributed by atoms with Crippen molar-refractivity contribution in [2.24, 2.45) is 5.84 Å². The number of hydrogen-bond donors (Lipinski definition) is 2. The van der Waals surface area contributed by atoms with Crippen LogP contribution in [0.5, 0.6) is 0 Å². The smallest absolute Gasteiger partial charge is 0.411 e. The Morgan fingerprint density at radius 3 is 2.76 bits per heavy atom. The molecule has 5 nitrogen and oxygen atoms in total. The van der Waals surface area contributed by atoms with E-state index in [4.69, 9.17) is 10.3 Å². The Morgan fingerprint density at radius 2 is 2.24 bits per heavy atom. The molecule has 1 rings (SSSR count). The molecule has 96 valence electrons. The fourth-order valence-corrected chi connectivity index (χ4v) is 1.19. The van der Waals surface area contributed by atoms with E-state index in [2.05, 4.69) is 4.74 Å². The maximum absolute atomic E-state index is 11.8. The Morgan fingerprint density at radius 1 is 1.59 bits per heavy atom. The molecule has 1 heterocycles. The highest BCUT2D eigenvalue weighted by molar-refractivity contribution is 5.94. The summed E-state index contributed by atoms with van der Waals surface area (Å²) in [5, 5.41) is 0. The molecule has 1 aromatic heterocycles. The van der Waals surface area contributed by atoms with E-state index in [1.165, 1.54) is 13.0 Å². The summed E-state index contributed by atoms with van der Waals surface area (Å²) in [4.78, 5) is 11.2. The molecular weight excluding hydrogens is 241 g/mol. The minimum atomic E-state index is -4.39. The number of carbonyl (C=O) groups excluding carboxylic acids is 1. The molecule has 3 N–H and O–H groups in total. The highest BCUT2D eigenvalue weighted by Crippen LogP contribution is 2.18. The number of ether oxygens (including phenoxy) is 1. The zero-order valence-corrected chi connectivity index (χ0v) is 8.93. The van der Waals surface area contributed by atoms with Gasteiger partial charge in [-0.25, -0.2) is 5.84 Å². The molecule has 17 heavy (non-hydrogen) atoms. The quantitative estimate of drug-likeness (QED) is 0.480. The van der Waals surface area contributed by atoms with Gasteiger partial charge in [0.05, 0.1) is 5.56 Å². The van der Waals surface area contributed by atoms with Crippen LogP contribution in [0.4, 0.5) is 13.2 Å². The highest BCUT2D eigenvalue weighted by atomic mass is 19.4. The number of carbonyl (C=O) groups is 1. The number of alkyl halides is 3. The standard InChI is InChI=1S/C9H11F3N2O3/c1-5-7(8(15)14-13)2-6(17-5)3-16-4-9(10,11)12/h2H,3-4,13H2,1H3,(H,14,15). The van der Waals surface area contributed by atoms with Crippen LogP contribution < -0.4 is 11.3 Å². The molecular formula is C9H11F3N2O3. The fraction of sp³-hybridized carbons (Fsp3) is 0.444. The van der Waals surface area contributed by atoms with Gasteiger partial charge in [0.15, 0.2) is 0 Å². The number of halogens is 3. The second kappa shape index (κ2) is 5.19. The molecule has 0 aliphatic heterocycles. The zero-order chi connectivity index (χ0) is 13.1. The van der Waals surface area contributed by atoms with Crippen LogP contribution in [0.1, 0.15) is 21.9 Å². The number of hydrogen-bond acceptors (Lipinski definition) is 4. The van der Waals surface area contributed by atoms with E-state index < -0.39 is 18.7 Å². The first-order valence-electron chi connectivity index (χ1n) is 4.58. The number of nitrogens with one attached hydrogen (secondary N) is 1. The Labute approximate surface area is 94.7 Å². The zero-order valence-electron chi connectivity index (χ0n) is 8.93. The summed E-state index contributed by atoms with van der Waals surface area (Å²) >= 11 is 0. The number of nitrogen functional groups attached to an aromatic ring is 1. The molecule has 0 aromatic carbocycles. The topological polar surface area (TPSA) is 77.5 Å². The lowest BCUT2D eigenvalue weighted by Crippen LogP contribution is -2.30. The summed E-state index contributed by atoms with van der Waals surface area (Å²) in [6.45, 7) is -0.235. The van der Waals surface area contributed by atoms with E-state index in [1.807, 2.05) is 5.43 Å². The van der Waals surface area contributed by atoms with Gasteiger partial charge in [-0.2, -0.15) is 13.2 Å². The van der Waals surface area contributed by atoms with E-state index in [0.717, 1.165) is 0 Å². The third kappa shape index (κ3) is 4.08. The van der Waals surface area contributed by atoms with Gasteiger partial charge in [0.1, 0.15) is 24.7 Å². The lowest BCUT2D eigenvalue weighted by atomic mass is 10.2. The molecule has 0 radical (unpaired) electrons. The number of amides is 1. The van der Waals surface area contributed by atoms with Crippen LogP contribution in [-0.4, -0.2) is 18.7 Å². The van der Waals surface area contributed by atoms with Gasteiger partial charge in [-0.1, -0.05) is 0 Å². The van der Waals surface area contributed by atoms with Gasteiger partial charge in [0, 0.05) is 0 Å². The average molecular weight is 252 g/mol. The van der Waals surface area contributed by atoms with Crippen LogP contribution >= 0.6 is 0 Å². The number of aryl methyl sites for hydroxylation is 1. The van der Waals surface area contributed by atoms with Gasteiger partial charge in [0.2, 0.25) is 0 Å². The van der Waals surface area contributed by atoms with Crippen molar-refractivity contribution in [1.82, 2.24) is 5.43 Å². The molecule has 8 heteroatoms. The van der Waals surface area contributed by atoms with Gasteiger partial charge in [-0.3, -0.25) is 10.2 Å². The van der Waals surface area contributed by atoms with Crippen molar-refractivity contribution in [2.45, 2.75) is 19.7 Å². The molecule has 0 saturated carbocycles. The number of nitrogens with two attached hydrogens (primary N) is 1. The van der Waals surface area contributed by atoms with E-state index in [-0.39, 0.29) is 23.7 Å². The lowest BCUT2D eigenvalue weighted by Gasteiger charge is -2.05. The van der Waals surface area contributed by atoms with Gasteiger partial charge in [-0.15, -0.1) is 0 Å². The van der Waals surface area contributed by atoms with Crippen molar-refractivity contribution in [3.63, 3.8) is 0 Å². The molecule has 0 saturated heterocycles. The van der Waals surface area contributed by atoms with Crippen LogP contribution in [0.2, 0.25) is 0 Å². The predicted molar refractivity (Wildman–Crippen MR) is 50.8 cm³/mol. The first-order valence-corrected chi connectivity index (χ1v) is 4.58. The third-order valence-corrected chi connectivity index (χ3v) is 1.85. The van der Waals surface area contributed by atoms with Crippen molar-refractivity contribution >= 4 is 5.91 Å². The molecule has 0 aliphatic carbocycles. The molecule has 0 spiro atoms. The largest absolute Gasteiger partial charge is 0.463 e. The number of hydrazine groups is 1. The maximum Gasteiger partial charge on any atom is 0.411 e. The summed E-state index contributed by atoms with van der Waals surface area (Å²) < 4.78 is 44.8. The van der Waals surface area contributed by atoms with Gasteiger partial charge in [-0.05, 0) is 13.0 Å². The Kier molecular flexibility index (Phi) is 4.13. The summed E-state index contributed by atoms with van der Waals surface area (Å²) in [5.41, 5.74) is 2.06. The van der Waals surface area contributed by atoms with E-state index >= 15 is 0 Å². The minimum Gasteiger partial charge on any atom is -0.463 e. The summed E-state index contributed by atoms with van der Waals surface area (Å²) in [5.74, 6) is 4.74. The summed E-state index contributed by atoms with van der Waals surface area (Å²) in [7, 11) is 0. The SMILES string of the molecule is Cc1oc(COCC(F)(F)F)cc1C(=O)NN. The molecule has 1 aromatic rings. The molecule has 0 unspecified atom stereocenters. The van der Waals surface area contributed by atoms with Crippen molar-refractivity contribution in [3.05, 3.63) is 23.2 Å². The molecule has 0 aliphatic rings.